The Bertz CT molecular complexity index is 262. The SMILES string of the molecule is C[NH+](C)CC[NH2+]C[C@@H](O)c1ccccc1. The van der Waals surface area contributed by atoms with Gasteiger partial charge in [0.2, 0.25) is 0 Å². The Morgan fingerprint density at radius 3 is 2.53 bits per heavy atom. The highest BCUT2D eigenvalue weighted by Crippen LogP contribution is 2.08. The van der Waals surface area contributed by atoms with E-state index in [1.54, 1.807) is 0 Å². The van der Waals surface area contributed by atoms with E-state index in [1.807, 2.05) is 30.3 Å². The molecule has 1 rings (SSSR count). The fourth-order valence-electron chi connectivity index (χ4n) is 1.48. The van der Waals surface area contributed by atoms with Crippen molar-refractivity contribution < 1.29 is 15.3 Å². The molecular weight excluding hydrogens is 188 g/mol. The van der Waals surface area contributed by atoms with Gasteiger partial charge in [-0.2, -0.15) is 0 Å². The topological polar surface area (TPSA) is 41.3 Å². The van der Waals surface area contributed by atoms with Crippen LogP contribution in [0.5, 0.6) is 0 Å². The third kappa shape index (κ3) is 4.93. The fraction of sp³-hybridized carbons (Fsp3) is 0.500. The van der Waals surface area contributed by atoms with Crippen molar-refractivity contribution in [3.63, 3.8) is 0 Å². The van der Waals surface area contributed by atoms with Crippen molar-refractivity contribution in [1.29, 1.82) is 0 Å². The largest absolute Gasteiger partial charge is 0.382 e. The summed E-state index contributed by atoms with van der Waals surface area (Å²) in [6.45, 7) is 2.94. The summed E-state index contributed by atoms with van der Waals surface area (Å²) in [5.41, 5.74) is 1.01. The van der Waals surface area contributed by atoms with Gasteiger partial charge in [0.15, 0.2) is 0 Å². The van der Waals surface area contributed by atoms with E-state index in [9.17, 15) is 5.11 Å². The molecule has 0 radical (unpaired) electrons. The lowest BCUT2D eigenvalue weighted by Crippen LogP contribution is -3.09. The zero-order valence-electron chi connectivity index (χ0n) is 9.61. The van der Waals surface area contributed by atoms with Gasteiger partial charge in [-0.05, 0) is 5.56 Å². The van der Waals surface area contributed by atoms with Crippen LogP contribution in [0.4, 0.5) is 0 Å². The molecule has 1 aromatic carbocycles. The van der Waals surface area contributed by atoms with Crippen molar-refractivity contribution in [3.8, 4) is 0 Å². The molecule has 0 unspecified atom stereocenters. The third-order valence-electron chi connectivity index (χ3n) is 2.42. The van der Waals surface area contributed by atoms with E-state index < -0.39 is 0 Å². The van der Waals surface area contributed by atoms with E-state index >= 15 is 0 Å². The summed E-state index contributed by atoms with van der Waals surface area (Å²) in [5, 5.41) is 12.0. The first kappa shape index (κ1) is 12.2. The van der Waals surface area contributed by atoms with Crippen LogP contribution in [0.25, 0.3) is 0 Å². The Balaban J connectivity index is 2.22. The Morgan fingerprint density at radius 2 is 1.93 bits per heavy atom. The quantitative estimate of drug-likeness (QED) is 0.488. The molecule has 1 aromatic rings. The first-order chi connectivity index (χ1) is 7.20. The summed E-state index contributed by atoms with van der Waals surface area (Å²) < 4.78 is 0. The van der Waals surface area contributed by atoms with Crippen molar-refractivity contribution >= 4 is 0 Å². The lowest BCUT2D eigenvalue weighted by Gasteiger charge is -2.10. The molecule has 3 heteroatoms. The van der Waals surface area contributed by atoms with Crippen molar-refractivity contribution in [1.82, 2.24) is 0 Å². The molecule has 84 valence electrons. The number of hydrogen-bond donors (Lipinski definition) is 3. The number of hydrogen-bond acceptors (Lipinski definition) is 1. The van der Waals surface area contributed by atoms with Crippen molar-refractivity contribution in [2.24, 2.45) is 0 Å². The number of nitrogens with one attached hydrogen (secondary N) is 1. The minimum absolute atomic E-state index is 0.344. The minimum atomic E-state index is -0.344. The van der Waals surface area contributed by atoms with E-state index in [4.69, 9.17) is 0 Å². The highest BCUT2D eigenvalue weighted by Gasteiger charge is 2.08. The minimum Gasteiger partial charge on any atom is -0.382 e. The highest BCUT2D eigenvalue weighted by molar-refractivity contribution is 5.16. The number of aliphatic hydroxyl groups is 1. The summed E-state index contributed by atoms with van der Waals surface area (Å²) in [6.07, 6.45) is -0.344. The van der Waals surface area contributed by atoms with Crippen LogP contribution in [0.2, 0.25) is 0 Å². The van der Waals surface area contributed by atoms with Crippen molar-refractivity contribution in [2.45, 2.75) is 6.10 Å². The van der Waals surface area contributed by atoms with E-state index in [1.165, 1.54) is 4.90 Å². The maximum absolute atomic E-state index is 9.85. The average Bonchev–Trinajstić information content (AvgIpc) is 2.25. The van der Waals surface area contributed by atoms with Crippen LogP contribution in [0.15, 0.2) is 30.3 Å². The zero-order chi connectivity index (χ0) is 11.1. The van der Waals surface area contributed by atoms with Gasteiger partial charge in [-0.1, -0.05) is 30.3 Å². The molecule has 4 N–H and O–H groups in total. The van der Waals surface area contributed by atoms with E-state index in [0.717, 1.165) is 25.2 Å². The molecule has 0 aliphatic carbocycles. The molecule has 0 aliphatic rings. The number of likely N-dealkylation sites (N-methyl/N-ethyl adjacent to an activating group) is 1. The second kappa shape index (κ2) is 6.56. The van der Waals surface area contributed by atoms with Gasteiger partial charge in [-0.15, -0.1) is 0 Å². The summed E-state index contributed by atoms with van der Waals surface area (Å²) in [4.78, 5) is 1.44. The summed E-state index contributed by atoms with van der Waals surface area (Å²) in [7, 11) is 4.28. The standard InChI is InChI=1S/C12H20N2O/c1-14(2)9-8-13-10-12(15)11-6-4-3-5-7-11/h3-7,12-13,15H,8-10H2,1-2H3/p+2/t12-/m1/s1. The second-order valence-corrected chi connectivity index (χ2v) is 4.20. The molecule has 0 heterocycles. The van der Waals surface area contributed by atoms with Crippen molar-refractivity contribution in [3.05, 3.63) is 35.9 Å². The van der Waals surface area contributed by atoms with E-state index in [-0.39, 0.29) is 6.10 Å². The maximum Gasteiger partial charge on any atom is 0.128 e. The Morgan fingerprint density at radius 1 is 1.27 bits per heavy atom. The lowest BCUT2D eigenvalue weighted by atomic mass is 10.1. The molecular formula is C12H22N2O+2. The Labute approximate surface area is 91.7 Å². The van der Waals surface area contributed by atoms with Crippen LogP contribution < -0.4 is 10.2 Å². The smallest absolute Gasteiger partial charge is 0.128 e. The van der Waals surface area contributed by atoms with Gasteiger partial charge in [-0.3, -0.25) is 0 Å². The van der Waals surface area contributed by atoms with Crippen LogP contribution in [0.1, 0.15) is 11.7 Å². The van der Waals surface area contributed by atoms with Crippen LogP contribution >= 0.6 is 0 Å². The monoisotopic (exact) mass is 210 g/mol. The van der Waals surface area contributed by atoms with Gasteiger partial charge in [0.1, 0.15) is 25.7 Å². The highest BCUT2D eigenvalue weighted by atomic mass is 16.3. The molecule has 0 aromatic heterocycles. The average molecular weight is 210 g/mol. The molecule has 0 fully saturated rings. The third-order valence-corrected chi connectivity index (χ3v) is 2.42. The lowest BCUT2D eigenvalue weighted by molar-refractivity contribution is -0.874. The number of nitrogens with two attached hydrogens (primary N) is 1. The number of benzene rings is 1. The molecule has 1 atom stereocenters. The molecule has 0 saturated carbocycles. The van der Waals surface area contributed by atoms with E-state index in [2.05, 4.69) is 19.4 Å². The molecule has 3 nitrogen and oxygen atoms in total. The van der Waals surface area contributed by atoms with Crippen LogP contribution in [-0.4, -0.2) is 38.8 Å². The van der Waals surface area contributed by atoms with Crippen LogP contribution in [0.3, 0.4) is 0 Å². The van der Waals surface area contributed by atoms with Crippen LogP contribution in [-0.2, 0) is 0 Å². The first-order valence-electron chi connectivity index (χ1n) is 5.54. The molecule has 0 amide bonds. The van der Waals surface area contributed by atoms with Crippen LogP contribution in [0, 0.1) is 0 Å². The summed E-state index contributed by atoms with van der Waals surface area (Å²) >= 11 is 0. The first-order valence-corrected chi connectivity index (χ1v) is 5.54. The number of rotatable bonds is 6. The van der Waals surface area contributed by atoms with Gasteiger partial charge < -0.3 is 15.3 Å². The van der Waals surface area contributed by atoms with E-state index in [0.29, 0.717) is 0 Å². The normalized spacial score (nSPS) is 13.1. The Hall–Kier alpha value is -0.900. The predicted octanol–water partition coefficient (Wildman–Crippen LogP) is -1.57. The molecule has 0 saturated heterocycles. The molecule has 0 aliphatic heterocycles. The van der Waals surface area contributed by atoms with Gasteiger partial charge in [0.05, 0.1) is 14.1 Å². The van der Waals surface area contributed by atoms with Gasteiger partial charge in [-0.25, -0.2) is 0 Å². The predicted molar refractivity (Wildman–Crippen MR) is 60.7 cm³/mol. The van der Waals surface area contributed by atoms with Crippen molar-refractivity contribution in [2.75, 3.05) is 33.7 Å². The number of aliphatic hydroxyl groups excluding tert-OH is 1. The summed E-state index contributed by atoms with van der Waals surface area (Å²) in [6, 6.07) is 9.83. The molecule has 0 bridgehead atoms. The molecule has 15 heavy (non-hydrogen) atoms. The van der Waals surface area contributed by atoms with Gasteiger partial charge >= 0.3 is 0 Å². The Kier molecular flexibility index (Phi) is 5.32. The zero-order valence-corrected chi connectivity index (χ0v) is 9.61. The molecule has 0 spiro atoms. The summed E-state index contributed by atoms with van der Waals surface area (Å²) in [5.74, 6) is 0. The maximum atomic E-state index is 9.85. The second-order valence-electron chi connectivity index (χ2n) is 4.20. The fourth-order valence-corrected chi connectivity index (χ4v) is 1.48. The number of quaternary nitrogens is 2. The van der Waals surface area contributed by atoms with Gasteiger partial charge in [0, 0.05) is 0 Å². The van der Waals surface area contributed by atoms with Gasteiger partial charge in [0.25, 0.3) is 0 Å².